The SMILES string of the molecule is CC(C)(C)N(C(=O)CCCCNC=O)C(C)(C)C. The van der Waals surface area contributed by atoms with Gasteiger partial charge < -0.3 is 10.2 Å². The maximum Gasteiger partial charge on any atom is 0.223 e. The van der Waals surface area contributed by atoms with Gasteiger partial charge >= 0.3 is 0 Å². The first-order valence-corrected chi connectivity index (χ1v) is 6.61. The zero-order valence-corrected chi connectivity index (χ0v) is 12.7. The largest absolute Gasteiger partial charge is 0.359 e. The molecule has 0 atom stereocenters. The summed E-state index contributed by atoms with van der Waals surface area (Å²) in [5, 5.41) is 2.61. The summed E-state index contributed by atoms with van der Waals surface area (Å²) in [7, 11) is 0. The van der Waals surface area contributed by atoms with Crippen LogP contribution < -0.4 is 5.32 Å². The van der Waals surface area contributed by atoms with Gasteiger partial charge in [0.15, 0.2) is 0 Å². The molecule has 0 radical (unpaired) electrons. The molecule has 0 saturated carbocycles. The first-order chi connectivity index (χ1) is 8.10. The van der Waals surface area contributed by atoms with Crippen LogP contribution in [0.1, 0.15) is 60.8 Å². The molecule has 2 amide bonds. The van der Waals surface area contributed by atoms with Gasteiger partial charge in [0.1, 0.15) is 0 Å². The molecule has 0 aromatic carbocycles. The average molecular weight is 256 g/mol. The maximum absolute atomic E-state index is 12.3. The normalized spacial score (nSPS) is 12.1. The quantitative estimate of drug-likeness (QED) is 0.585. The molecule has 0 aliphatic heterocycles. The molecule has 0 aromatic rings. The molecule has 0 rings (SSSR count). The van der Waals surface area contributed by atoms with Crippen LogP contribution in [0.25, 0.3) is 0 Å². The number of carbonyl (C=O) groups is 2. The average Bonchev–Trinajstić information content (AvgIpc) is 2.12. The third-order valence-corrected chi connectivity index (χ3v) is 2.64. The van der Waals surface area contributed by atoms with Crippen molar-refractivity contribution in [3.05, 3.63) is 0 Å². The number of nitrogens with one attached hydrogen (secondary N) is 1. The number of hydrogen-bond donors (Lipinski definition) is 1. The highest BCUT2D eigenvalue weighted by Crippen LogP contribution is 2.26. The van der Waals surface area contributed by atoms with Crippen molar-refractivity contribution in [2.24, 2.45) is 0 Å². The molecule has 1 N–H and O–H groups in total. The van der Waals surface area contributed by atoms with Gasteiger partial charge in [0.2, 0.25) is 12.3 Å². The first kappa shape index (κ1) is 16.9. The van der Waals surface area contributed by atoms with Crippen LogP contribution in [-0.2, 0) is 9.59 Å². The highest BCUT2D eigenvalue weighted by Gasteiger charge is 2.34. The van der Waals surface area contributed by atoms with Gasteiger partial charge in [-0.15, -0.1) is 0 Å². The minimum Gasteiger partial charge on any atom is -0.359 e. The van der Waals surface area contributed by atoms with E-state index in [1.54, 1.807) is 0 Å². The van der Waals surface area contributed by atoms with E-state index < -0.39 is 0 Å². The lowest BCUT2D eigenvalue weighted by Crippen LogP contribution is -2.55. The van der Waals surface area contributed by atoms with E-state index in [1.807, 2.05) is 4.90 Å². The van der Waals surface area contributed by atoms with Gasteiger partial charge in [0.25, 0.3) is 0 Å². The Labute approximate surface area is 111 Å². The zero-order valence-electron chi connectivity index (χ0n) is 12.7. The molecule has 0 bridgehead atoms. The molecular formula is C14H28N2O2. The first-order valence-electron chi connectivity index (χ1n) is 6.61. The van der Waals surface area contributed by atoms with E-state index in [1.165, 1.54) is 0 Å². The van der Waals surface area contributed by atoms with Crippen LogP contribution in [0, 0.1) is 0 Å². The fourth-order valence-electron chi connectivity index (χ4n) is 2.43. The smallest absolute Gasteiger partial charge is 0.223 e. The summed E-state index contributed by atoms with van der Waals surface area (Å²) < 4.78 is 0. The highest BCUT2D eigenvalue weighted by atomic mass is 16.2. The molecule has 0 saturated heterocycles. The van der Waals surface area contributed by atoms with E-state index in [2.05, 4.69) is 46.9 Å². The van der Waals surface area contributed by atoms with Crippen molar-refractivity contribution in [2.75, 3.05) is 6.54 Å². The van der Waals surface area contributed by atoms with E-state index in [0.717, 1.165) is 12.8 Å². The van der Waals surface area contributed by atoms with Crippen molar-refractivity contribution in [3.8, 4) is 0 Å². The second-order valence-electron chi connectivity index (χ2n) is 6.60. The van der Waals surface area contributed by atoms with Crippen LogP contribution in [0.2, 0.25) is 0 Å². The number of rotatable bonds is 6. The van der Waals surface area contributed by atoms with Crippen molar-refractivity contribution in [3.63, 3.8) is 0 Å². The van der Waals surface area contributed by atoms with Gasteiger partial charge in [-0.05, 0) is 54.4 Å². The molecule has 0 aliphatic rings. The van der Waals surface area contributed by atoms with Crippen LogP contribution in [0.5, 0.6) is 0 Å². The lowest BCUT2D eigenvalue weighted by atomic mass is 9.95. The topological polar surface area (TPSA) is 49.4 Å². The highest BCUT2D eigenvalue weighted by molar-refractivity contribution is 5.77. The Morgan fingerprint density at radius 2 is 1.56 bits per heavy atom. The summed E-state index contributed by atoms with van der Waals surface area (Å²) in [6.45, 7) is 13.0. The lowest BCUT2D eigenvalue weighted by molar-refractivity contribution is -0.142. The molecule has 0 aliphatic carbocycles. The molecule has 0 spiro atoms. The Bertz CT molecular complexity index is 260. The molecule has 4 heteroatoms. The minimum atomic E-state index is -0.170. The summed E-state index contributed by atoms with van der Waals surface area (Å²) in [4.78, 5) is 24.3. The minimum absolute atomic E-state index is 0.170. The lowest BCUT2D eigenvalue weighted by Gasteiger charge is -2.45. The molecule has 106 valence electrons. The number of carbonyl (C=O) groups excluding carboxylic acids is 2. The number of hydrogen-bond acceptors (Lipinski definition) is 2. The van der Waals surface area contributed by atoms with Crippen LogP contribution >= 0.6 is 0 Å². The van der Waals surface area contributed by atoms with Gasteiger partial charge in [0, 0.05) is 24.0 Å². The molecular weight excluding hydrogens is 228 g/mol. The van der Waals surface area contributed by atoms with Gasteiger partial charge in [-0.3, -0.25) is 9.59 Å². The Hall–Kier alpha value is -1.06. The Balaban J connectivity index is 4.38. The Morgan fingerprint density at radius 1 is 1.06 bits per heavy atom. The van der Waals surface area contributed by atoms with E-state index in [-0.39, 0.29) is 17.0 Å². The van der Waals surface area contributed by atoms with Crippen LogP contribution in [0.3, 0.4) is 0 Å². The van der Waals surface area contributed by atoms with Crippen LogP contribution in [0.4, 0.5) is 0 Å². The monoisotopic (exact) mass is 256 g/mol. The molecule has 4 nitrogen and oxygen atoms in total. The standard InChI is InChI=1S/C14H28N2O2/c1-13(2,3)16(14(4,5)6)12(18)9-7-8-10-15-11-17/h11H,7-10H2,1-6H3,(H,15,17). The van der Waals surface area contributed by atoms with Crippen LogP contribution in [-0.4, -0.2) is 34.8 Å². The predicted molar refractivity (Wildman–Crippen MR) is 74.3 cm³/mol. The van der Waals surface area contributed by atoms with Gasteiger partial charge in [-0.25, -0.2) is 0 Å². The molecule has 0 heterocycles. The van der Waals surface area contributed by atoms with Crippen LogP contribution in [0.15, 0.2) is 0 Å². The zero-order chi connectivity index (χ0) is 14.4. The molecule has 18 heavy (non-hydrogen) atoms. The van der Waals surface area contributed by atoms with Crippen molar-refractivity contribution in [1.82, 2.24) is 10.2 Å². The third-order valence-electron chi connectivity index (χ3n) is 2.64. The molecule has 0 unspecified atom stereocenters. The van der Waals surface area contributed by atoms with Crippen molar-refractivity contribution < 1.29 is 9.59 Å². The number of nitrogens with zero attached hydrogens (tertiary/aromatic N) is 1. The number of unbranched alkanes of at least 4 members (excludes halogenated alkanes) is 1. The fourth-order valence-corrected chi connectivity index (χ4v) is 2.43. The molecule has 0 aromatic heterocycles. The second kappa shape index (κ2) is 6.76. The van der Waals surface area contributed by atoms with E-state index in [4.69, 9.17) is 0 Å². The Morgan fingerprint density at radius 3 is 1.94 bits per heavy atom. The van der Waals surface area contributed by atoms with Crippen molar-refractivity contribution in [2.45, 2.75) is 71.9 Å². The third kappa shape index (κ3) is 6.03. The molecule has 0 fully saturated rings. The van der Waals surface area contributed by atoms with Crippen molar-refractivity contribution in [1.29, 1.82) is 0 Å². The predicted octanol–water partition coefficient (Wildman–Crippen LogP) is 2.33. The van der Waals surface area contributed by atoms with Gasteiger partial charge in [-0.1, -0.05) is 0 Å². The van der Waals surface area contributed by atoms with Gasteiger partial charge in [0.05, 0.1) is 0 Å². The van der Waals surface area contributed by atoms with Gasteiger partial charge in [-0.2, -0.15) is 0 Å². The summed E-state index contributed by atoms with van der Waals surface area (Å²) in [6, 6.07) is 0. The van der Waals surface area contributed by atoms with E-state index in [9.17, 15) is 9.59 Å². The fraction of sp³-hybridized carbons (Fsp3) is 0.857. The summed E-state index contributed by atoms with van der Waals surface area (Å²) in [6.07, 6.45) is 2.88. The van der Waals surface area contributed by atoms with Crippen molar-refractivity contribution >= 4 is 12.3 Å². The maximum atomic E-state index is 12.3. The number of amides is 2. The summed E-state index contributed by atoms with van der Waals surface area (Å²) in [5.41, 5.74) is -0.341. The van der Waals surface area contributed by atoms with E-state index >= 15 is 0 Å². The summed E-state index contributed by atoms with van der Waals surface area (Å²) in [5.74, 6) is 0.182. The summed E-state index contributed by atoms with van der Waals surface area (Å²) >= 11 is 0. The Kier molecular flexibility index (Phi) is 6.36. The van der Waals surface area contributed by atoms with E-state index in [0.29, 0.717) is 19.4 Å². The second-order valence-corrected chi connectivity index (χ2v) is 6.60.